The molecule has 20 heavy (non-hydrogen) atoms. The molecule has 0 aliphatic carbocycles. The number of hydrogen-bond acceptors (Lipinski definition) is 7. The van der Waals surface area contributed by atoms with Crippen LogP contribution in [0.5, 0.6) is 0 Å². The number of amides is 2. The van der Waals surface area contributed by atoms with Gasteiger partial charge in [0.25, 0.3) is 11.8 Å². The normalized spacial score (nSPS) is 14.3. The van der Waals surface area contributed by atoms with Crippen molar-refractivity contribution in [2.24, 2.45) is 5.11 Å². The van der Waals surface area contributed by atoms with Crippen LogP contribution in [-0.4, -0.2) is 55.8 Å². The molecule has 1 fully saturated rings. The van der Waals surface area contributed by atoms with Crippen LogP contribution in [0.2, 0.25) is 0 Å². The Morgan fingerprint density at radius 3 is 2.50 bits per heavy atom. The van der Waals surface area contributed by atoms with Crippen molar-refractivity contribution in [3.8, 4) is 0 Å². The van der Waals surface area contributed by atoms with Gasteiger partial charge in [0.05, 0.1) is 19.8 Å². The van der Waals surface area contributed by atoms with Gasteiger partial charge in [0.15, 0.2) is 0 Å². The van der Waals surface area contributed by atoms with E-state index in [9.17, 15) is 14.4 Å². The zero-order valence-electron chi connectivity index (χ0n) is 10.7. The minimum absolute atomic E-state index is 0.0476. The first-order chi connectivity index (χ1) is 9.65. The molecule has 1 aliphatic rings. The van der Waals surface area contributed by atoms with Crippen LogP contribution >= 0.6 is 0 Å². The number of azide groups is 1. The van der Waals surface area contributed by atoms with Gasteiger partial charge in [-0.1, -0.05) is 5.11 Å². The molecule has 0 spiro atoms. The summed E-state index contributed by atoms with van der Waals surface area (Å²) in [6.07, 6.45) is 0.0952. The van der Waals surface area contributed by atoms with Crippen LogP contribution in [0.3, 0.4) is 0 Å². The summed E-state index contributed by atoms with van der Waals surface area (Å²) in [6.45, 7) is 0.437. The maximum atomic E-state index is 11.3. The molecule has 110 valence electrons. The fourth-order valence-electron chi connectivity index (χ4n) is 1.31. The molecule has 1 rings (SSSR count). The highest BCUT2D eigenvalue weighted by Crippen LogP contribution is 2.11. The van der Waals surface area contributed by atoms with E-state index in [0.29, 0.717) is 5.06 Å². The van der Waals surface area contributed by atoms with Gasteiger partial charge in [-0.25, -0.2) is 4.79 Å². The van der Waals surface area contributed by atoms with E-state index in [1.165, 1.54) is 0 Å². The number of ether oxygens (including phenoxy) is 2. The summed E-state index contributed by atoms with van der Waals surface area (Å²) < 4.78 is 9.95. The topological polar surface area (TPSA) is 131 Å². The third-order valence-corrected chi connectivity index (χ3v) is 2.19. The van der Waals surface area contributed by atoms with Crippen LogP contribution in [0.1, 0.15) is 12.8 Å². The van der Waals surface area contributed by atoms with E-state index in [4.69, 9.17) is 15.0 Å². The lowest BCUT2D eigenvalue weighted by molar-refractivity contribution is -0.200. The van der Waals surface area contributed by atoms with Crippen LogP contribution in [0.4, 0.5) is 0 Å². The Balaban J connectivity index is 2.04. The van der Waals surface area contributed by atoms with Crippen molar-refractivity contribution in [1.82, 2.24) is 5.06 Å². The molecule has 10 nitrogen and oxygen atoms in total. The lowest BCUT2D eigenvalue weighted by Gasteiger charge is -2.12. The van der Waals surface area contributed by atoms with Crippen LogP contribution in [-0.2, 0) is 28.7 Å². The van der Waals surface area contributed by atoms with Crippen molar-refractivity contribution in [2.75, 3.05) is 33.0 Å². The number of hydrogen-bond donors (Lipinski definition) is 0. The summed E-state index contributed by atoms with van der Waals surface area (Å²) in [6, 6.07) is 0. The molecule has 10 heteroatoms. The molecule has 0 aromatic rings. The van der Waals surface area contributed by atoms with E-state index in [1.807, 2.05) is 0 Å². The van der Waals surface area contributed by atoms with Crippen LogP contribution in [0.25, 0.3) is 10.4 Å². The molecule has 0 atom stereocenters. The smallest absolute Gasteiger partial charge is 0.358 e. The maximum Gasteiger partial charge on any atom is 0.358 e. The molecular formula is C10H14N4O6. The molecule has 1 aliphatic heterocycles. The Labute approximate surface area is 114 Å². The van der Waals surface area contributed by atoms with E-state index in [2.05, 4.69) is 14.9 Å². The molecular weight excluding hydrogens is 272 g/mol. The predicted octanol–water partition coefficient (Wildman–Crippen LogP) is -0.0629. The average Bonchev–Trinajstić information content (AvgIpc) is 2.73. The van der Waals surface area contributed by atoms with Crippen LogP contribution in [0, 0.1) is 0 Å². The predicted molar refractivity (Wildman–Crippen MR) is 62.8 cm³/mol. The zero-order chi connectivity index (χ0) is 14.8. The van der Waals surface area contributed by atoms with Gasteiger partial charge in [0.2, 0.25) is 0 Å². The molecule has 0 radical (unpaired) electrons. The Morgan fingerprint density at radius 1 is 1.20 bits per heavy atom. The minimum atomic E-state index is -0.831. The highest BCUT2D eigenvalue weighted by atomic mass is 16.7. The van der Waals surface area contributed by atoms with E-state index in [1.54, 1.807) is 0 Å². The second-order valence-corrected chi connectivity index (χ2v) is 3.66. The largest absolute Gasteiger partial charge is 0.379 e. The van der Waals surface area contributed by atoms with Crippen LogP contribution in [0.15, 0.2) is 5.11 Å². The molecule has 0 N–H and O–H groups in total. The monoisotopic (exact) mass is 286 g/mol. The fraction of sp³-hybridized carbons (Fsp3) is 0.700. The van der Waals surface area contributed by atoms with Crippen molar-refractivity contribution >= 4 is 17.8 Å². The Kier molecular flexibility index (Phi) is 7.04. The molecule has 0 saturated carbocycles. The van der Waals surface area contributed by atoms with Gasteiger partial charge in [-0.15, -0.1) is 5.06 Å². The van der Waals surface area contributed by atoms with Gasteiger partial charge in [-0.2, -0.15) is 0 Å². The third kappa shape index (κ3) is 5.65. The highest BCUT2D eigenvalue weighted by Gasteiger charge is 2.32. The second kappa shape index (κ2) is 8.86. The molecule has 1 saturated heterocycles. The average molecular weight is 286 g/mol. The quantitative estimate of drug-likeness (QED) is 0.192. The van der Waals surface area contributed by atoms with Crippen molar-refractivity contribution in [3.63, 3.8) is 0 Å². The standard InChI is InChI=1S/C10H14N4O6/c11-13-12-3-4-18-5-6-19-7-10(17)20-14-8(15)1-2-9(14)16/h1-7H2. The molecule has 0 unspecified atom stereocenters. The van der Waals surface area contributed by atoms with Crippen molar-refractivity contribution in [2.45, 2.75) is 12.8 Å². The number of imide groups is 1. The minimum Gasteiger partial charge on any atom is -0.379 e. The van der Waals surface area contributed by atoms with E-state index in [0.717, 1.165) is 0 Å². The third-order valence-electron chi connectivity index (χ3n) is 2.19. The summed E-state index contributed by atoms with van der Waals surface area (Å²) in [5.41, 5.74) is 8.00. The zero-order valence-corrected chi connectivity index (χ0v) is 10.7. The first-order valence-corrected chi connectivity index (χ1v) is 5.88. The van der Waals surface area contributed by atoms with Crippen molar-refractivity contribution in [3.05, 3.63) is 10.4 Å². The van der Waals surface area contributed by atoms with E-state index >= 15 is 0 Å². The van der Waals surface area contributed by atoms with Gasteiger partial charge in [-0.3, -0.25) is 9.59 Å². The maximum absolute atomic E-state index is 11.3. The molecule has 2 amide bonds. The summed E-state index contributed by atoms with van der Waals surface area (Å²) >= 11 is 0. The number of nitrogens with zero attached hydrogens (tertiary/aromatic N) is 4. The fourth-order valence-corrected chi connectivity index (χ4v) is 1.31. The van der Waals surface area contributed by atoms with Gasteiger partial charge >= 0.3 is 5.97 Å². The summed E-state index contributed by atoms with van der Waals surface area (Å²) in [5.74, 6) is -1.91. The summed E-state index contributed by atoms with van der Waals surface area (Å²) in [5, 5.41) is 3.72. The lowest BCUT2D eigenvalue weighted by atomic mass is 10.4. The summed E-state index contributed by atoms with van der Waals surface area (Å²) in [4.78, 5) is 40.7. The molecule has 0 bridgehead atoms. The Morgan fingerprint density at radius 2 is 1.85 bits per heavy atom. The van der Waals surface area contributed by atoms with E-state index < -0.39 is 24.4 Å². The highest BCUT2D eigenvalue weighted by molar-refractivity contribution is 6.01. The second-order valence-electron chi connectivity index (χ2n) is 3.66. The Hall–Kier alpha value is -2.16. The van der Waals surface area contributed by atoms with Crippen molar-refractivity contribution < 1.29 is 28.7 Å². The van der Waals surface area contributed by atoms with Gasteiger partial charge in [0, 0.05) is 24.3 Å². The molecule has 0 aromatic heterocycles. The van der Waals surface area contributed by atoms with Crippen LogP contribution < -0.4 is 0 Å². The van der Waals surface area contributed by atoms with Gasteiger partial charge in [-0.05, 0) is 5.53 Å². The lowest BCUT2D eigenvalue weighted by Crippen LogP contribution is -2.33. The van der Waals surface area contributed by atoms with Crippen molar-refractivity contribution in [1.29, 1.82) is 0 Å². The number of carbonyl (C=O) groups is 3. The van der Waals surface area contributed by atoms with Gasteiger partial charge < -0.3 is 14.3 Å². The Bertz CT molecular complexity index is 404. The number of hydroxylamine groups is 2. The first kappa shape index (κ1) is 15.9. The first-order valence-electron chi connectivity index (χ1n) is 5.88. The molecule has 1 heterocycles. The number of rotatable bonds is 9. The summed E-state index contributed by atoms with van der Waals surface area (Å²) in [7, 11) is 0. The van der Waals surface area contributed by atoms with E-state index in [-0.39, 0.29) is 39.2 Å². The molecule has 0 aromatic carbocycles. The van der Waals surface area contributed by atoms with Gasteiger partial charge in [0.1, 0.15) is 6.61 Å². The SMILES string of the molecule is [N-]=[N+]=NCCOCCOCC(=O)ON1C(=O)CCC1=O. The number of carbonyl (C=O) groups excluding carboxylic acids is 3.